The quantitative estimate of drug-likeness (QED) is 0.757. The molecule has 5 nitrogen and oxygen atoms in total. The van der Waals surface area contributed by atoms with Gasteiger partial charge in [-0.05, 0) is 60.7 Å². The zero-order valence-electron chi connectivity index (χ0n) is 13.8. The van der Waals surface area contributed by atoms with Crippen LogP contribution in [0.2, 0.25) is 0 Å². The molecule has 0 bridgehead atoms. The van der Waals surface area contributed by atoms with E-state index in [1.165, 1.54) is 4.70 Å². The molecule has 1 amide bonds. The molecule has 0 atom stereocenters. The second-order valence-corrected chi connectivity index (χ2v) is 8.09. The maximum atomic E-state index is 12.9. The van der Waals surface area contributed by atoms with E-state index in [4.69, 9.17) is 4.52 Å². The highest BCUT2D eigenvalue weighted by molar-refractivity contribution is 7.17. The molecule has 3 aromatic rings. The molecule has 0 saturated heterocycles. The van der Waals surface area contributed by atoms with Crippen LogP contribution in [0.4, 0.5) is 0 Å². The topological polar surface area (TPSA) is 68.0 Å². The molecule has 0 unspecified atom stereocenters. The van der Waals surface area contributed by atoms with Gasteiger partial charge in [0.2, 0.25) is 5.89 Å². The fourth-order valence-electron chi connectivity index (χ4n) is 3.71. The van der Waals surface area contributed by atoms with Gasteiger partial charge >= 0.3 is 0 Å². The zero-order chi connectivity index (χ0) is 16.9. The first-order chi connectivity index (χ1) is 12.2. The molecule has 2 aliphatic rings. The Labute approximate surface area is 149 Å². The number of carbonyl (C=O) groups is 1. The number of thiophene rings is 1. The van der Waals surface area contributed by atoms with Crippen molar-refractivity contribution >= 4 is 27.3 Å². The number of aromatic nitrogens is 2. The first-order valence-corrected chi connectivity index (χ1v) is 9.75. The van der Waals surface area contributed by atoms with Crippen LogP contribution in [0.25, 0.3) is 10.1 Å². The molecule has 6 heteroatoms. The molecule has 2 aromatic heterocycles. The largest absolute Gasteiger partial charge is 0.339 e. The summed E-state index contributed by atoms with van der Waals surface area (Å²) in [6.45, 7) is 0. The van der Waals surface area contributed by atoms with Crippen LogP contribution >= 0.6 is 11.3 Å². The maximum Gasteiger partial charge on any atom is 0.252 e. The molecule has 2 aliphatic carbocycles. The first-order valence-electron chi connectivity index (χ1n) is 8.87. The Morgan fingerprint density at radius 2 is 2.08 bits per heavy atom. The van der Waals surface area contributed by atoms with Crippen molar-refractivity contribution in [3.63, 3.8) is 0 Å². The molecule has 1 aromatic carbocycles. The van der Waals surface area contributed by atoms with Crippen LogP contribution in [0, 0.1) is 0 Å². The van der Waals surface area contributed by atoms with Gasteiger partial charge in [0.25, 0.3) is 5.91 Å². The molecule has 0 spiro atoms. The van der Waals surface area contributed by atoms with Crippen molar-refractivity contribution in [2.45, 2.75) is 50.0 Å². The van der Waals surface area contributed by atoms with Crippen LogP contribution < -0.4 is 5.32 Å². The average molecular weight is 353 g/mol. The zero-order valence-corrected chi connectivity index (χ0v) is 14.6. The van der Waals surface area contributed by atoms with Gasteiger partial charge < -0.3 is 9.84 Å². The van der Waals surface area contributed by atoms with Crippen molar-refractivity contribution in [3.8, 4) is 0 Å². The fraction of sp³-hybridized carbons (Fsp3) is 0.421. The second kappa shape index (κ2) is 5.66. The van der Waals surface area contributed by atoms with Crippen LogP contribution in [0.1, 0.15) is 66.5 Å². The van der Waals surface area contributed by atoms with Crippen molar-refractivity contribution in [3.05, 3.63) is 46.9 Å². The van der Waals surface area contributed by atoms with E-state index in [2.05, 4.69) is 15.5 Å². The highest BCUT2D eigenvalue weighted by Crippen LogP contribution is 2.42. The van der Waals surface area contributed by atoms with E-state index in [0.29, 0.717) is 17.3 Å². The van der Waals surface area contributed by atoms with E-state index >= 15 is 0 Å². The third kappa shape index (κ3) is 2.65. The molecule has 2 saturated carbocycles. The molecule has 25 heavy (non-hydrogen) atoms. The van der Waals surface area contributed by atoms with E-state index in [9.17, 15) is 4.79 Å². The number of benzene rings is 1. The Bertz CT molecular complexity index is 935. The van der Waals surface area contributed by atoms with Crippen molar-refractivity contribution in [2.75, 3.05) is 0 Å². The Morgan fingerprint density at radius 3 is 2.88 bits per heavy atom. The van der Waals surface area contributed by atoms with Crippen molar-refractivity contribution < 1.29 is 9.32 Å². The van der Waals surface area contributed by atoms with E-state index in [1.807, 2.05) is 29.6 Å². The lowest BCUT2D eigenvalue weighted by molar-refractivity contribution is 0.0892. The number of nitrogens with one attached hydrogen (secondary N) is 1. The van der Waals surface area contributed by atoms with Gasteiger partial charge in [-0.15, -0.1) is 11.3 Å². The van der Waals surface area contributed by atoms with E-state index in [0.717, 1.165) is 49.8 Å². The third-order valence-electron chi connectivity index (χ3n) is 5.32. The van der Waals surface area contributed by atoms with E-state index < -0.39 is 5.54 Å². The molecule has 0 radical (unpaired) electrons. The van der Waals surface area contributed by atoms with E-state index in [-0.39, 0.29) is 5.91 Å². The lowest BCUT2D eigenvalue weighted by Crippen LogP contribution is -2.44. The number of amides is 1. The summed E-state index contributed by atoms with van der Waals surface area (Å²) in [5.74, 6) is 1.75. The number of rotatable bonds is 4. The Morgan fingerprint density at radius 1 is 1.24 bits per heavy atom. The summed E-state index contributed by atoms with van der Waals surface area (Å²) in [5.41, 5.74) is 0.195. The summed E-state index contributed by atoms with van der Waals surface area (Å²) in [7, 11) is 0. The van der Waals surface area contributed by atoms with Gasteiger partial charge in [0.1, 0.15) is 5.54 Å². The van der Waals surface area contributed by atoms with Crippen molar-refractivity contribution in [2.24, 2.45) is 0 Å². The number of carbonyl (C=O) groups excluding carboxylic acids is 1. The van der Waals surface area contributed by atoms with Crippen LogP contribution in [-0.4, -0.2) is 16.0 Å². The Kier molecular flexibility index (Phi) is 3.41. The van der Waals surface area contributed by atoms with Crippen LogP contribution in [0.3, 0.4) is 0 Å². The summed E-state index contributed by atoms with van der Waals surface area (Å²) in [6, 6.07) is 7.90. The van der Waals surface area contributed by atoms with Crippen LogP contribution in [0.5, 0.6) is 0 Å². The summed E-state index contributed by atoms with van der Waals surface area (Å²) < 4.78 is 6.64. The second-order valence-electron chi connectivity index (χ2n) is 7.15. The number of fused-ring (bicyclic) bond motifs is 1. The standard InChI is InChI=1S/C19H19N3O2S/c23-16(14-5-6-15-13(11-14)7-10-25-15)21-19(8-1-2-9-19)18-20-17(24-22-18)12-3-4-12/h5-7,10-12H,1-4,8-9H2,(H,21,23). The average Bonchev–Trinajstić information content (AvgIpc) is 3.07. The molecule has 2 fully saturated rings. The normalized spacial score (nSPS) is 19.4. The van der Waals surface area contributed by atoms with Gasteiger partial charge in [0, 0.05) is 16.2 Å². The monoisotopic (exact) mass is 353 g/mol. The van der Waals surface area contributed by atoms with Gasteiger partial charge in [-0.1, -0.05) is 18.0 Å². The summed E-state index contributed by atoms with van der Waals surface area (Å²) >= 11 is 1.68. The molecule has 1 N–H and O–H groups in total. The molecular formula is C19H19N3O2S. The fourth-order valence-corrected chi connectivity index (χ4v) is 4.48. The number of hydrogen-bond acceptors (Lipinski definition) is 5. The first kappa shape index (κ1) is 15.1. The molecule has 2 heterocycles. The molecule has 0 aliphatic heterocycles. The lowest BCUT2D eigenvalue weighted by atomic mass is 9.95. The van der Waals surface area contributed by atoms with Gasteiger partial charge in [0.05, 0.1) is 0 Å². The van der Waals surface area contributed by atoms with Gasteiger partial charge in [-0.25, -0.2) is 0 Å². The predicted octanol–water partition coefficient (Wildman–Crippen LogP) is 4.36. The molecule has 128 valence electrons. The predicted molar refractivity (Wildman–Crippen MR) is 95.7 cm³/mol. The summed E-state index contributed by atoms with van der Waals surface area (Å²) in [6.07, 6.45) is 6.11. The van der Waals surface area contributed by atoms with Crippen LogP contribution in [-0.2, 0) is 5.54 Å². The summed E-state index contributed by atoms with van der Waals surface area (Å²) in [4.78, 5) is 17.5. The maximum absolute atomic E-state index is 12.9. The highest BCUT2D eigenvalue weighted by Gasteiger charge is 2.42. The van der Waals surface area contributed by atoms with Crippen molar-refractivity contribution in [1.29, 1.82) is 0 Å². The van der Waals surface area contributed by atoms with Gasteiger partial charge in [-0.2, -0.15) is 4.98 Å². The molecule has 5 rings (SSSR count). The smallest absolute Gasteiger partial charge is 0.252 e. The van der Waals surface area contributed by atoms with Crippen LogP contribution in [0.15, 0.2) is 34.2 Å². The Hall–Kier alpha value is -2.21. The highest BCUT2D eigenvalue weighted by atomic mass is 32.1. The third-order valence-corrected chi connectivity index (χ3v) is 6.22. The number of hydrogen-bond donors (Lipinski definition) is 1. The minimum Gasteiger partial charge on any atom is -0.339 e. The lowest BCUT2D eigenvalue weighted by Gasteiger charge is -2.26. The van der Waals surface area contributed by atoms with E-state index in [1.54, 1.807) is 11.3 Å². The summed E-state index contributed by atoms with van der Waals surface area (Å²) in [5, 5.41) is 10.6. The van der Waals surface area contributed by atoms with Gasteiger partial charge in [0.15, 0.2) is 5.82 Å². The SMILES string of the molecule is O=C(NC1(c2noc(C3CC3)n2)CCCC1)c1ccc2sccc2c1. The number of nitrogens with zero attached hydrogens (tertiary/aromatic N) is 2. The Balaban J connectivity index is 1.44. The van der Waals surface area contributed by atoms with Crippen molar-refractivity contribution in [1.82, 2.24) is 15.5 Å². The minimum absolute atomic E-state index is 0.0622. The minimum atomic E-state index is -0.489. The molecular weight excluding hydrogens is 334 g/mol. The van der Waals surface area contributed by atoms with Gasteiger partial charge in [-0.3, -0.25) is 4.79 Å².